The Bertz CT molecular complexity index is 1070. The molecule has 0 spiro atoms. The van der Waals surface area contributed by atoms with E-state index in [1.165, 1.54) is 0 Å². The minimum atomic E-state index is -0.808. The van der Waals surface area contributed by atoms with E-state index in [2.05, 4.69) is 4.98 Å². The van der Waals surface area contributed by atoms with Crippen LogP contribution in [0.5, 0.6) is 0 Å². The Balaban J connectivity index is 1.75. The lowest BCUT2D eigenvalue weighted by atomic mass is 10.0. The summed E-state index contributed by atoms with van der Waals surface area (Å²) < 4.78 is 1.88. The van der Waals surface area contributed by atoms with Gasteiger partial charge in [0.1, 0.15) is 11.9 Å². The molecule has 1 saturated heterocycles. The Labute approximate surface area is 171 Å². The summed E-state index contributed by atoms with van der Waals surface area (Å²) >= 11 is 12.7. The Morgan fingerprint density at radius 2 is 2.11 bits per heavy atom. The second-order valence-corrected chi connectivity index (χ2v) is 8.27. The molecule has 3 heterocycles. The van der Waals surface area contributed by atoms with Crippen molar-refractivity contribution in [3.05, 3.63) is 47.0 Å². The number of aromatic nitrogens is 3. The van der Waals surface area contributed by atoms with E-state index in [0.717, 1.165) is 30.3 Å². The monoisotopic (exact) mass is 416 g/mol. The summed E-state index contributed by atoms with van der Waals surface area (Å²) in [7, 11) is 0. The van der Waals surface area contributed by atoms with Crippen LogP contribution < -0.4 is 4.90 Å². The van der Waals surface area contributed by atoms with Crippen molar-refractivity contribution >= 4 is 45.9 Å². The van der Waals surface area contributed by atoms with Crippen molar-refractivity contribution in [2.45, 2.75) is 37.8 Å². The molecule has 2 aromatic heterocycles. The molecule has 1 aromatic carbocycles. The number of carboxylic acids is 1. The molecule has 1 N–H and O–H groups in total. The number of nitrogens with zero attached hydrogens (tertiary/aromatic N) is 4. The van der Waals surface area contributed by atoms with Gasteiger partial charge in [0.15, 0.2) is 0 Å². The van der Waals surface area contributed by atoms with Crippen LogP contribution in [0.15, 0.2) is 36.9 Å². The minimum Gasteiger partial charge on any atom is -0.480 e. The molecule has 0 amide bonds. The Kier molecular flexibility index (Phi) is 4.21. The third-order valence-electron chi connectivity index (χ3n) is 6.01. The van der Waals surface area contributed by atoms with E-state index in [-0.39, 0.29) is 6.04 Å². The maximum Gasteiger partial charge on any atom is 0.326 e. The zero-order chi connectivity index (χ0) is 19.4. The number of aliphatic carboxylic acids is 1. The van der Waals surface area contributed by atoms with Crippen LogP contribution in [0.25, 0.3) is 16.6 Å². The highest BCUT2D eigenvalue weighted by molar-refractivity contribution is 6.45. The van der Waals surface area contributed by atoms with Crippen molar-refractivity contribution in [2.24, 2.45) is 5.92 Å². The molecule has 0 unspecified atom stereocenters. The average molecular weight is 417 g/mol. The number of hydrogen-bond acceptors (Lipinski definition) is 4. The average Bonchev–Trinajstić information content (AvgIpc) is 3.40. The largest absolute Gasteiger partial charge is 0.480 e. The van der Waals surface area contributed by atoms with Crippen LogP contribution in [0, 0.1) is 5.92 Å². The van der Waals surface area contributed by atoms with Gasteiger partial charge in [-0.2, -0.15) is 0 Å². The van der Waals surface area contributed by atoms with Crippen molar-refractivity contribution in [2.75, 3.05) is 4.90 Å². The Hall–Kier alpha value is -2.31. The van der Waals surface area contributed by atoms with Gasteiger partial charge in [0.25, 0.3) is 0 Å². The maximum atomic E-state index is 12.0. The highest BCUT2D eigenvalue weighted by atomic mass is 35.5. The number of carboxylic acid groups (broad SMARTS) is 1. The van der Waals surface area contributed by atoms with Gasteiger partial charge in [0, 0.05) is 29.9 Å². The second-order valence-electron chi connectivity index (χ2n) is 7.48. The molecular weight excluding hydrogens is 399 g/mol. The first kappa shape index (κ1) is 17.8. The number of hydrogen-bond donors (Lipinski definition) is 1. The molecular formula is C20H18Cl2N4O2. The van der Waals surface area contributed by atoms with Crippen LogP contribution in [-0.2, 0) is 4.79 Å². The van der Waals surface area contributed by atoms with E-state index >= 15 is 0 Å². The standard InChI is InChI=1S/C20H18Cl2N4O2/c21-13-5-4-12-15(25-7-6-23-10-25)9-17(24-19(12)18(13)22)26-14-3-1-2-11(14)8-16(26)20(27)28/h4-7,9-11,14,16H,1-3,8H2,(H,27,28)/t11-,14-,16-/m0/s1. The normalized spacial score (nSPS) is 24.1. The molecule has 2 aliphatic rings. The van der Waals surface area contributed by atoms with Gasteiger partial charge >= 0.3 is 5.97 Å². The third kappa shape index (κ3) is 2.66. The lowest BCUT2D eigenvalue weighted by Crippen LogP contribution is -2.41. The molecule has 2 fully saturated rings. The lowest BCUT2D eigenvalue weighted by Gasteiger charge is -2.29. The molecule has 144 valence electrons. The van der Waals surface area contributed by atoms with Gasteiger partial charge in [-0.1, -0.05) is 29.6 Å². The molecule has 5 rings (SSSR count). The minimum absolute atomic E-state index is 0.194. The molecule has 0 radical (unpaired) electrons. The lowest BCUT2D eigenvalue weighted by molar-refractivity contribution is -0.138. The molecule has 6 nitrogen and oxygen atoms in total. The first-order valence-corrected chi connectivity index (χ1v) is 10.1. The van der Waals surface area contributed by atoms with Crippen molar-refractivity contribution in [3.63, 3.8) is 0 Å². The van der Waals surface area contributed by atoms with E-state index < -0.39 is 12.0 Å². The fourth-order valence-corrected chi connectivity index (χ4v) is 5.15. The van der Waals surface area contributed by atoms with Gasteiger partial charge in [-0.3, -0.25) is 0 Å². The van der Waals surface area contributed by atoms with Gasteiger partial charge in [-0.15, -0.1) is 0 Å². The number of halogens is 2. The van der Waals surface area contributed by atoms with Crippen LogP contribution in [-0.4, -0.2) is 37.7 Å². The predicted octanol–water partition coefficient (Wildman–Crippen LogP) is 4.56. The fraction of sp³-hybridized carbons (Fsp3) is 0.350. The first-order chi connectivity index (χ1) is 13.5. The number of fused-ring (bicyclic) bond motifs is 2. The molecule has 1 saturated carbocycles. The zero-order valence-electron chi connectivity index (χ0n) is 14.9. The molecule has 1 aliphatic carbocycles. The number of benzene rings is 1. The predicted molar refractivity (Wildman–Crippen MR) is 109 cm³/mol. The summed E-state index contributed by atoms with van der Waals surface area (Å²) in [5.74, 6) is 0.213. The number of anilines is 1. The summed E-state index contributed by atoms with van der Waals surface area (Å²) in [6.45, 7) is 0. The van der Waals surface area contributed by atoms with E-state index in [4.69, 9.17) is 28.2 Å². The van der Waals surface area contributed by atoms with Gasteiger partial charge in [-0.25, -0.2) is 14.8 Å². The summed E-state index contributed by atoms with van der Waals surface area (Å²) in [6, 6.07) is 5.18. The number of imidazole rings is 1. The van der Waals surface area contributed by atoms with E-state index in [1.807, 2.05) is 27.8 Å². The number of carbonyl (C=O) groups is 1. The first-order valence-electron chi connectivity index (χ1n) is 9.33. The van der Waals surface area contributed by atoms with E-state index in [0.29, 0.717) is 33.7 Å². The quantitative estimate of drug-likeness (QED) is 0.677. The maximum absolute atomic E-state index is 12.0. The van der Waals surface area contributed by atoms with Crippen molar-refractivity contribution in [3.8, 4) is 5.69 Å². The van der Waals surface area contributed by atoms with Gasteiger partial charge in [-0.05, 0) is 37.3 Å². The molecule has 8 heteroatoms. The van der Waals surface area contributed by atoms with Gasteiger partial charge < -0.3 is 14.6 Å². The molecule has 3 aromatic rings. The molecule has 0 bridgehead atoms. The van der Waals surface area contributed by atoms with Crippen LogP contribution in [0.3, 0.4) is 0 Å². The van der Waals surface area contributed by atoms with Crippen LogP contribution in [0.4, 0.5) is 5.82 Å². The van der Waals surface area contributed by atoms with E-state index in [9.17, 15) is 9.90 Å². The second kappa shape index (κ2) is 6.64. The Morgan fingerprint density at radius 1 is 1.25 bits per heavy atom. The summed E-state index contributed by atoms with van der Waals surface area (Å²) in [5, 5.41) is 11.5. The molecule has 1 aliphatic heterocycles. The fourth-order valence-electron chi connectivity index (χ4n) is 4.79. The van der Waals surface area contributed by atoms with Crippen molar-refractivity contribution in [1.29, 1.82) is 0 Å². The Morgan fingerprint density at radius 3 is 2.86 bits per heavy atom. The van der Waals surface area contributed by atoms with Crippen LogP contribution in [0.1, 0.15) is 25.7 Å². The summed E-state index contributed by atoms with van der Waals surface area (Å²) in [4.78, 5) is 22.9. The van der Waals surface area contributed by atoms with Crippen LogP contribution in [0.2, 0.25) is 10.0 Å². The van der Waals surface area contributed by atoms with Crippen LogP contribution >= 0.6 is 23.2 Å². The van der Waals surface area contributed by atoms with Crippen molar-refractivity contribution in [1.82, 2.24) is 14.5 Å². The topological polar surface area (TPSA) is 71.2 Å². The highest BCUT2D eigenvalue weighted by Crippen LogP contribution is 2.44. The smallest absolute Gasteiger partial charge is 0.326 e. The summed E-state index contributed by atoms with van der Waals surface area (Å²) in [5.41, 5.74) is 1.42. The SMILES string of the molecule is O=C(O)[C@@H]1C[C@@H]2CCC[C@@H]2N1c1cc(-n2ccnc2)c2ccc(Cl)c(Cl)c2n1. The van der Waals surface area contributed by atoms with E-state index in [1.54, 1.807) is 18.6 Å². The number of pyridine rings is 1. The van der Waals surface area contributed by atoms with Gasteiger partial charge in [0.05, 0.1) is 27.6 Å². The zero-order valence-corrected chi connectivity index (χ0v) is 16.4. The molecule has 28 heavy (non-hydrogen) atoms. The highest BCUT2D eigenvalue weighted by Gasteiger charge is 2.47. The van der Waals surface area contributed by atoms with Crippen molar-refractivity contribution < 1.29 is 9.90 Å². The van der Waals surface area contributed by atoms with Gasteiger partial charge in [0.2, 0.25) is 0 Å². The third-order valence-corrected chi connectivity index (χ3v) is 6.80. The number of rotatable bonds is 3. The molecule has 3 atom stereocenters. The summed E-state index contributed by atoms with van der Waals surface area (Å²) in [6.07, 6.45) is 9.08.